The molecule has 0 saturated carbocycles. The highest BCUT2D eigenvalue weighted by Gasteiger charge is 2.19. The van der Waals surface area contributed by atoms with E-state index in [9.17, 15) is 4.79 Å². The number of carbonyl (C=O) groups is 1. The van der Waals surface area contributed by atoms with E-state index in [0.717, 1.165) is 5.56 Å². The van der Waals surface area contributed by atoms with E-state index in [4.69, 9.17) is 0 Å². The fourth-order valence-corrected chi connectivity index (χ4v) is 5.38. The lowest BCUT2D eigenvalue weighted by molar-refractivity contribution is -0.109. The molecule has 3 heteroatoms. The van der Waals surface area contributed by atoms with Crippen LogP contribution in [0.15, 0.2) is 84.9 Å². The van der Waals surface area contributed by atoms with E-state index >= 15 is 0 Å². The van der Waals surface area contributed by atoms with Gasteiger partial charge in [0.05, 0.1) is 0 Å². The van der Waals surface area contributed by atoms with Crippen molar-refractivity contribution in [3.05, 3.63) is 90.5 Å². The first-order valence-corrected chi connectivity index (χ1v) is 9.55. The minimum absolute atomic E-state index is 0.0148. The van der Waals surface area contributed by atoms with Gasteiger partial charge in [-0.1, -0.05) is 84.9 Å². The lowest BCUT2D eigenvalue weighted by Gasteiger charge is -2.21. The molecule has 0 amide bonds. The van der Waals surface area contributed by atoms with Crippen LogP contribution in [0.1, 0.15) is 5.56 Å². The summed E-state index contributed by atoms with van der Waals surface area (Å²) in [7, 11) is -0.670. The van der Waals surface area contributed by atoms with E-state index < -0.39 is 7.92 Å². The molecule has 0 unspecified atom stereocenters. The summed E-state index contributed by atoms with van der Waals surface area (Å²) in [6.07, 6.45) is 0.411. The van der Waals surface area contributed by atoms with Gasteiger partial charge in [0.25, 0.3) is 0 Å². The van der Waals surface area contributed by atoms with Crippen LogP contribution in [0.25, 0.3) is 0 Å². The van der Waals surface area contributed by atoms with Gasteiger partial charge in [0.2, 0.25) is 4.69 Å². The predicted molar refractivity (Wildman–Crippen MR) is 103 cm³/mol. The highest BCUT2D eigenvalue weighted by molar-refractivity contribution is 9.18. The van der Waals surface area contributed by atoms with Gasteiger partial charge in [-0.3, -0.25) is 4.79 Å². The molecule has 3 aromatic rings. The number of hydrogen-bond donors (Lipinski definition) is 0. The highest BCUT2D eigenvalue weighted by atomic mass is 79.9. The van der Waals surface area contributed by atoms with E-state index in [0.29, 0.717) is 6.42 Å². The van der Waals surface area contributed by atoms with Crippen molar-refractivity contribution in [3.63, 3.8) is 0 Å². The van der Waals surface area contributed by atoms with Gasteiger partial charge in [0, 0.05) is 6.42 Å². The Hall–Kier alpha value is -1.76. The van der Waals surface area contributed by atoms with Crippen molar-refractivity contribution in [1.29, 1.82) is 0 Å². The SMILES string of the molecule is O=C(Br)Cc1ccccc1P(c1ccccc1)c1ccccc1. The number of halogens is 1. The molecule has 0 aliphatic carbocycles. The Balaban J connectivity index is 2.15. The third kappa shape index (κ3) is 3.96. The van der Waals surface area contributed by atoms with Gasteiger partial charge >= 0.3 is 0 Å². The molecule has 0 saturated heterocycles. The third-order valence-electron chi connectivity index (χ3n) is 3.59. The van der Waals surface area contributed by atoms with Crippen LogP contribution in [0.5, 0.6) is 0 Å². The second kappa shape index (κ2) is 7.68. The monoisotopic (exact) mass is 382 g/mol. The number of hydrogen-bond acceptors (Lipinski definition) is 1. The maximum atomic E-state index is 11.6. The van der Waals surface area contributed by atoms with Gasteiger partial charge in [-0.05, 0) is 45.3 Å². The topological polar surface area (TPSA) is 17.1 Å². The molecule has 0 heterocycles. The largest absolute Gasteiger partial charge is 0.286 e. The van der Waals surface area contributed by atoms with Crippen molar-refractivity contribution in [2.45, 2.75) is 6.42 Å². The predicted octanol–water partition coefficient (Wildman–Crippen LogP) is 3.91. The van der Waals surface area contributed by atoms with Crippen LogP contribution in [0.3, 0.4) is 0 Å². The first-order valence-electron chi connectivity index (χ1n) is 7.42. The Kier molecular flexibility index (Phi) is 5.38. The molecule has 0 N–H and O–H groups in total. The van der Waals surface area contributed by atoms with Crippen molar-refractivity contribution in [1.82, 2.24) is 0 Å². The number of rotatable bonds is 5. The Labute approximate surface area is 146 Å². The van der Waals surface area contributed by atoms with E-state index in [-0.39, 0.29) is 4.69 Å². The van der Waals surface area contributed by atoms with Crippen molar-refractivity contribution < 1.29 is 4.79 Å². The fourth-order valence-electron chi connectivity index (χ4n) is 2.61. The van der Waals surface area contributed by atoms with Gasteiger partial charge in [-0.2, -0.15) is 0 Å². The summed E-state index contributed by atoms with van der Waals surface area (Å²) in [5.74, 6) is 0. The Morgan fingerprint density at radius 1 is 0.739 bits per heavy atom. The molecule has 0 radical (unpaired) electrons. The number of carbonyl (C=O) groups excluding carboxylic acids is 1. The summed E-state index contributed by atoms with van der Waals surface area (Å²) >= 11 is 3.08. The van der Waals surface area contributed by atoms with Gasteiger partial charge in [0.15, 0.2) is 0 Å². The smallest absolute Gasteiger partial charge is 0.202 e. The maximum Gasteiger partial charge on any atom is 0.202 e. The standard InChI is InChI=1S/C20H16BrOP/c21-20(22)15-16-9-7-8-14-19(16)23(17-10-3-1-4-11-17)18-12-5-2-6-13-18/h1-14H,15H2. The molecular formula is C20H16BrOP. The molecule has 1 nitrogen and oxygen atoms in total. The van der Waals surface area contributed by atoms with Gasteiger partial charge in [-0.15, -0.1) is 0 Å². The zero-order valence-electron chi connectivity index (χ0n) is 12.5. The normalized spacial score (nSPS) is 10.7. The molecule has 0 bridgehead atoms. The molecule has 0 spiro atoms. The first kappa shape index (κ1) is 16.1. The number of benzene rings is 3. The minimum atomic E-state index is -0.670. The van der Waals surface area contributed by atoms with Gasteiger partial charge < -0.3 is 0 Å². The van der Waals surface area contributed by atoms with E-state index in [2.05, 4.69) is 82.7 Å². The molecular weight excluding hydrogens is 367 g/mol. The highest BCUT2D eigenvalue weighted by Crippen LogP contribution is 2.34. The quantitative estimate of drug-likeness (QED) is 0.482. The van der Waals surface area contributed by atoms with Gasteiger partial charge in [-0.25, -0.2) is 0 Å². The average Bonchev–Trinajstić information content (AvgIpc) is 2.58. The fraction of sp³-hybridized carbons (Fsp3) is 0.0500. The van der Waals surface area contributed by atoms with Crippen molar-refractivity contribution in [2.75, 3.05) is 0 Å². The van der Waals surface area contributed by atoms with Gasteiger partial charge in [0.1, 0.15) is 0 Å². The molecule has 114 valence electrons. The van der Waals surface area contributed by atoms with Crippen molar-refractivity contribution in [3.8, 4) is 0 Å². The van der Waals surface area contributed by atoms with Crippen LogP contribution >= 0.6 is 23.9 Å². The molecule has 0 aliphatic rings. The summed E-state index contributed by atoms with van der Waals surface area (Å²) < 4.78 is 0.0148. The molecule has 0 fully saturated rings. The Bertz CT molecular complexity index is 748. The van der Waals surface area contributed by atoms with Crippen molar-refractivity contribution >= 4 is 44.5 Å². The summed E-state index contributed by atoms with van der Waals surface area (Å²) in [5.41, 5.74) is 1.09. The Morgan fingerprint density at radius 2 is 1.22 bits per heavy atom. The molecule has 0 atom stereocenters. The van der Waals surface area contributed by atoms with Crippen LogP contribution in [0.2, 0.25) is 0 Å². The van der Waals surface area contributed by atoms with E-state index in [1.807, 2.05) is 18.2 Å². The minimum Gasteiger partial charge on any atom is -0.286 e. The lowest BCUT2D eigenvalue weighted by atomic mass is 10.2. The third-order valence-corrected chi connectivity index (χ3v) is 6.42. The second-order valence-electron chi connectivity index (χ2n) is 5.17. The lowest BCUT2D eigenvalue weighted by Crippen LogP contribution is -2.23. The summed E-state index contributed by atoms with van der Waals surface area (Å²) in [6.45, 7) is 0. The molecule has 3 rings (SSSR count). The van der Waals surface area contributed by atoms with Crippen LogP contribution in [-0.2, 0) is 11.2 Å². The zero-order valence-corrected chi connectivity index (χ0v) is 15.0. The van der Waals surface area contributed by atoms with E-state index in [1.54, 1.807) is 0 Å². The Morgan fingerprint density at radius 3 is 1.74 bits per heavy atom. The molecule has 23 heavy (non-hydrogen) atoms. The van der Waals surface area contributed by atoms with Crippen LogP contribution < -0.4 is 15.9 Å². The summed E-state index contributed by atoms with van der Waals surface area (Å²) in [5, 5.41) is 3.83. The second-order valence-corrected chi connectivity index (χ2v) is 8.24. The van der Waals surface area contributed by atoms with Crippen LogP contribution in [0, 0.1) is 0 Å². The maximum absolute atomic E-state index is 11.6. The molecule has 3 aromatic carbocycles. The van der Waals surface area contributed by atoms with E-state index in [1.165, 1.54) is 15.9 Å². The van der Waals surface area contributed by atoms with Crippen LogP contribution in [-0.4, -0.2) is 4.69 Å². The molecule has 0 aliphatic heterocycles. The average molecular weight is 383 g/mol. The zero-order chi connectivity index (χ0) is 16.1. The van der Waals surface area contributed by atoms with Crippen molar-refractivity contribution in [2.24, 2.45) is 0 Å². The first-order chi connectivity index (χ1) is 11.3. The van der Waals surface area contributed by atoms with Crippen LogP contribution in [0.4, 0.5) is 0 Å². The summed E-state index contributed by atoms with van der Waals surface area (Å²) in [6, 6.07) is 29.3. The summed E-state index contributed by atoms with van der Waals surface area (Å²) in [4.78, 5) is 11.6. The molecule has 0 aromatic heterocycles.